The Morgan fingerprint density at radius 1 is 1.24 bits per heavy atom. The fourth-order valence-electron chi connectivity index (χ4n) is 3.69. The van der Waals surface area contributed by atoms with Crippen LogP contribution in [-0.4, -0.2) is 63.6 Å². The van der Waals surface area contributed by atoms with Gasteiger partial charge in [-0.25, -0.2) is 4.39 Å². The summed E-state index contributed by atoms with van der Waals surface area (Å²) in [6.45, 7) is 4.18. The van der Waals surface area contributed by atoms with Crippen molar-refractivity contribution in [2.45, 2.75) is 19.9 Å². The minimum atomic E-state index is -1.00. The summed E-state index contributed by atoms with van der Waals surface area (Å²) in [4.78, 5) is 28.9. The Hall–Kier alpha value is -3.00. The van der Waals surface area contributed by atoms with E-state index in [1.807, 2.05) is 19.0 Å². The Morgan fingerprint density at radius 3 is 2.45 bits per heavy atom. The molecule has 1 aromatic heterocycles. The number of carbonyl (C=O) groups is 2. The van der Waals surface area contributed by atoms with Crippen LogP contribution in [0.1, 0.15) is 28.6 Å². The second-order valence-corrected chi connectivity index (χ2v) is 7.49. The molecule has 1 aromatic carbocycles. The predicted octanol–water partition coefficient (Wildman–Crippen LogP) is 2.16. The van der Waals surface area contributed by atoms with E-state index in [9.17, 15) is 19.1 Å². The molecule has 1 saturated heterocycles. The Bertz CT molecular complexity index is 1010. The molecular formula is C21H25FN4O3. The third-order valence-electron chi connectivity index (χ3n) is 5.27. The average Bonchev–Trinajstić information content (AvgIpc) is 3.06. The van der Waals surface area contributed by atoms with Crippen LogP contribution in [0.3, 0.4) is 0 Å². The molecule has 2 heterocycles. The molecule has 0 bridgehead atoms. The Kier molecular flexibility index (Phi) is 5.57. The van der Waals surface area contributed by atoms with E-state index >= 15 is 0 Å². The van der Waals surface area contributed by atoms with Crippen molar-refractivity contribution in [1.29, 1.82) is 0 Å². The summed E-state index contributed by atoms with van der Waals surface area (Å²) in [6, 6.07) is 4.99. The molecular weight excluding hydrogens is 375 g/mol. The summed E-state index contributed by atoms with van der Waals surface area (Å²) in [5.41, 5.74) is 1.62. The van der Waals surface area contributed by atoms with Gasteiger partial charge in [-0.05, 0) is 34.0 Å². The van der Waals surface area contributed by atoms with Gasteiger partial charge in [0.2, 0.25) is 0 Å². The summed E-state index contributed by atoms with van der Waals surface area (Å²) in [5.74, 6) is -2.44. The number of amides is 1. The predicted molar refractivity (Wildman–Crippen MR) is 107 cm³/mol. The molecule has 1 aliphatic rings. The zero-order valence-electron chi connectivity index (χ0n) is 17.2. The monoisotopic (exact) mass is 400 g/mol. The first-order valence-electron chi connectivity index (χ1n) is 9.33. The summed E-state index contributed by atoms with van der Waals surface area (Å²) in [7, 11) is 5.41. The van der Waals surface area contributed by atoms with Gasteiger partial charge < -0.3 is 14.9 Å². The second kappa shape index (κ2) is 7.79. The second-order valence-electron chi connectivity index (χ2n) is 7.49. The first-order valence-corrected chi connectivity index (χ1v) is 9.33. The van der Waals surface area contributed by atoms with E-state index in [2.05, 4.69) is 5.10 Å². The molecule has 0 radical (unpaired) electrons. The number of ketones is 1. The maximum atomic E-state index is 14.7. The molecule has 2 aromatic rings. The molecule has 0 aliphatic carbocycles. The van der Waals surface area contributed by atoms with Gasteiger partial charge in [-0.2, -0.15) is 5.10 Å². The van der Waals surface area contributed by atoms with E-state index in [1.165, 1.54) is 17.0 Å². The molecule has 0 spiro atoms. The zero-order chi connectivity index (χ0) is 21.5. The van der Waals surface area contributed by atoms with Gasteiger partial charge in [0.1, 0.15) is 11.6 Å². The number of rotatable bonds is 5. The van der Waals surface area contributed by atoms with Crippen molar-refractivity contribution in [2.75, 3.05) is 27.2 Å². The van der Waals surface area contributed by atoms with E-state index in [0.717, 1.165) is 0 Å². The van der Waals surface area contributed by atoms with Crippen LogP contribution in [0.4, 0.5) is 4.39 Å². The lowest BCUT2D eigenvalue weighted by Gasteiger charge is -2.26. The molecule has 1 fully saturated rings. The van der Waals surface area contributed by atoms with Crippen molar-refractivity contribution in [3.05, 3.63) is 58.2 Å². The zero-order valence-corrected chi connectivity index (χ0v) is 17.2. The van der Waals surface area contributed by atoms with Gasteiger partial charge in [-0.3, -0.25) is 14.3 Å². The number of halogens is 1. The SMILES string of the molecule is Cc1nn(C)c(C)c1/C(O)=C1\C(=O)C(=O)N(CCN(C)C)[C@@H]1c1ccccc1F. The third-order valence-corrected chi connectivity index (χ3v) is 5.27. The highest BCUT2D eigenvalue weighted by Gasteiger charge is 2.47. The molecule has 0 unspecified atom stereocenters. The van der Waals surface area contributed by atoms with E-state index in [0.29, 0.717) is 23.5 Å². The van der Waals surface area contributed by atoms with Crippen molar-refractivity contribution in [2.24, 2.45) is 7.05 Å². The summed E-state index contributed by atoms with van der Waals surface area (Å²) in [5, 5.41) is 15.4. The van der Waals surface area contributed by atoms with Gasteiger partial charge in [0.15, 0.2) is 0 Å². The molecule has 7 nitrogen and oxygen atoms in total. The lowest BCUT2D eigenvalue weighted by atomic mass is 9.94. The molecule has 29 heavy (non-hydrogen) atoms. The van der Waals surface area contributed by atoms with E-state index in [1.54, 1.807) is 37.7 Å². The van der Waals surface area contributed by atoms with Crippen LogP contribution in [0.25, 0.3) is 5.76 Å². The molecule has 0 saturated carbocycles. The molecule has 3 rings (SSSR count). The molecule has 1 aliphatic heterocycles. The number of aryl methyl sites for hydroxylation is 2. The summed E-state index contributed by atoms with van der Waals surface area (Å²) in [6.07, 6.45) is 0. The summed E-state index contributed by atoms with van der Waals surface area (Å²) < 4.78 is 16.3. The molecule has 1 amide bonds. The largest absolute Gasteiger partial charge is 0.507 e. The number of nitrogens with zero attached hydrogens (tertiary/aromatic N) is 4. The lowest BCUT2D eigenvalue weighted by Crippen LogP contribution is -2.35. The number of hydrogen-bond acceptors (Lipinski definition) is 5. The number of likely N-dealkylation sites (N-methyl/N-ethyl adjacent to an activating group) is 1. The number of likely N-dealkylation sites (tertiary alicyclic amines) is 1. The first-order chi connectivity index (χ1) is 13.6. The molecule has 1 N–H and O–H groups in total. The Morgan fingerprint density at radius 2 is 1.90 bits per heavy atom. The van der Waals surface area contributed by atoms with Crippen LogP contribution >= 0.6 is 0 Å². The van der Waals surface area contributed by atoms with Crippen LogP contribution in [0.2, 0.25) is 0 Å². The Labute approximate surface area is 169 Å². The van der Waals surface area contributed by atoms with Gasteiger partial charge in [-0.15, -0.1) is 0 Å². The van der Waals surface area contributed by atoms with Crippen molar-refractivity contribution < 1.29 is 19.1 Å². The average molecular weight is 400 g/mol. The minimum absolute atomic E-state index is 0.113. The fraction of sp³-hybridized carbons (Fsp3) is 0.381. The maximum Gasteiger partial charge on any atom is 0.295 e. The van der Waals surface area contributed by atoms with E-state index < -0.39 is 23.5 Å². The summed E-state index contributed by atoms with van der Waals surface area (Å²) >= 11 is 0. The van der Waals surface area contributed by atoms with E-state index in [-0.39, 0.29) is 23.4 Å². The van der Waals surface area contributed by atoms with E-state index in [4.69, 9.17) is 0 Å². The fourth-order valence-corrected chi connectivity index (χ4v) is 3.69. The lowest BCUT2D eigenvalue weighted by molar-refractivity contribution is -0.140. The normalized spacial score (nSPS) is 18.9. The van der Waals surface area contributed by atoms with Crippen molar-refractivity contribution in [3.8, 4) is 0 Å². The highest BCUT2D eigenvalue weighted by molar-refractivity contribution is 6.46. The number of Topliss-reactive ketones (excluding diaryl/α,β-unsaturated/α-hetero) is 1. The number of aromatic nitrogens is 2. The highest BCUT2D eigenvalue weighted by Crippen LogP contribution is 2.40. The highest BCUT2D eigenvalue weighted by atomic mass is 19.1. The number of aliphatic hydroxyl groups excluding tert-OH is 1. The number of carbonyl (C=O) groups excluding carboxylic acids is 2. The van der Waals surface area contributed by atoms with Gasteiger partial charge >= 0.3 is 0 Å². The van der Waals surface area contributed by atoms with Crippen LogP contribution in [0.15, 0.2) is 29.8 Å². The number of hydrogen-bond donors (Lipinski definition) is 1. The quantitative estimate of drug-likeness (QED) is 0.473. The molecule has 154 valence electrons. The number of aliphatic hydroxyl groups is 1. The van der Waals surface area contributed by atoms with Crippen molar-refractivity contribution in [3.63, 3.8) is 0 Å². The number of benzene rings is 1. The van der Waals surface area contributed by atoms with Gasteiger partial charge in [0.25, 0.3) is 11.7 Å². The molecule has 1 atom stereocenters. The standard InChI is InChI=1S/C21H25FN4O3/c1-12-16(13(2)25(5)23-12)19(27)17-18(14-8-6-7-9-15(14)22)26(11-10-24(3)4)21(29)20(17)28/h6-9,18,27H,10-11H2,1-5H3/b19-17+/t18-/m1/s1. The van der Waals surface area contributed by atoms with Crippen LogP contribution in [0.5, 0.6) is 0 Å². The van der Waals surface area contributed by atoms with Gasteiger partial charge in [0, 0.05) is 31.4 Å². The third kappa shape index (κ3) is 3.55. The maximum absolute atomic E-state index is 14.7. The van der Waals surface area contributed by atoms with Crippen molar-refractivity contribution in [1.82, 2.24) is 19.6 Å². The van der Waals surface area contributed by atoms with Gasteiger partial charge in [-0.1, -0.05) is 18.2 Å². The smallest absolute Gasteiger partial charge is 0.295 e. The van der Waals surface area contributed by atoms with Crippen LogP contribution in [-0.2, 0) is 16.6 Å². The topological polar surface area (TPSA) is 78.7 Å². The minimum Gasteiger partial charge on any atom is -0.507 e. The van der Waals surface area contributed by atoms with Crippen LogP contribution in [0, 0.1) is 19.7 Å². The van der Waals surface area contributed by atoms with Crippen molar-refractivity contribution >= 4 is 17.4 Å². The molecule has 8 heteroatoms. The van der Waals surface area contributed by atoms with Crippen LogP contribution < -0.4 is 0 Å². The Balaban J connectivity index is 2.24. The first kappa shape index (κ1) is 20.7. The van der Waals surface area contributed by atoms with Gasteiger partial charge in [0.05, 0.1) is 22.9 Å².